The maximum absolute atomic E-state index is 11.6. The van der Waals surface area contributed by atoms with E-state index < -0.39 is 45.5 Å². The van der Waals surface area contributed by atoms with Gasteiger partial charge in [0.25, 0.3) is 11.4 Å². The summed E-state index contributed by atoms with van der Waals surface area (Å²) in [5.74, 6) is -2.02. The highest BCUT2D eigenvalue weighted by Gasteiger charge is 2.21. The highest BCUT2D eigenvalue weighted by Crippen LogP contribution is 2.23. The molecule has 21 heavy (non-hydrogen) atoms. The molecule has 9 heteroatoms. The highest BCUT2D eigenvalue weighted by molar-refractivity contribution is 6.34. The number of non-ortho nitro benzene ring substituents is 2. The molecule has 0 amide bonds. The van der Waals surface area contributed by atoms with Crippen molar-refractivity contribution >= 4 is 23.1 Å². The third kappa shape index (κ3) is 4.64. The van der Waals surface area contributed by atoms with Gasteiger partial charge in [0.1, 0.15) is 0 Å². The number of ketones is 1. The highest BCUT2D eigenvalue weighted by atomic mass is 16.6. The quantitative estimate of drug-likeness (QED) is 0.337. The Morgan fingerprint density at radius 2 is 1.57 bits per heavy atom. The molecule has 9 nitrogen and oxygen atoms in total. The van der Waals surface area contributed by atoms with Crippen LogP contribution < -0.4 is 0 Å². The number of carbonyl (C=O) groups is 2. The van der Waals surface area contributed by atoms with Gasteiger partial charge < -0.3 is 4.74 Å². The number of benzene rings is 1. The Morgan fingerprint density at radius 1 is 1.10 bits per heavy atom. The molecule has 1 aromatic carbocycles. The predicted molar refractivity (Wildman–Crippen MR) is 69.7 cm³/mol. The van der Waals surface area contributed by atoms with Gasteiger partial charge in [0, 0.05) is 18.6 Å². The molecule has 0 saturated heterocycles. The topological polar surface area (TPSA) is 130 Å². The van der Waals surface area contributed by atoms with E-state index in [9.17, 15) is 29.8 Å². The number of nitrogens with zero attached hydrogens (tertiary/aromatic N) is 2. The number of esters is 1. The van der Waals surface area contributed by atoms with E-state index in [2.05, 4.69) is 4.74 Å². The summed E-state index contributed by atoms with van der Waals surface area (Å²) in [6.07, 6.45) is -0.991. The zero-order valence-corrected chi connectivity index (χ0v) is 11.3. The summed E-state index contributed by atoms with van der Waals surface area (Å²) in [6, 6.07) is 2.79. The lowest BCUT2D eigenvalue weighted by Gasteiger charge is -2.06. The molecule has 0 radical (unpaired) electrons. The maximum atomic E-state index is 11.6. The van der Waals surface area contributed by atoms with Gasteiger partial charge in [0.15, 0.2) is 0 Å². The SMILES string of the molecule is CC(C)OC(=O)C(=O)Cc1cc([N+](=O)[O-])cc([N+](=O)[O-])c1. The van der Waals surface area contributed by atoms with Crippen molar-refractivity contribution in [3.63, 3.8) is 0 Å². The monoisotopic (exact) mass is 296 g/mol. The largest absolute Gasteiger partial charge is 0.457 e. The molecule has 0 fully saturated rings. The van der Waals surface area contributed by atoms with Crippen LogP contribution in [0.15, 0.2) is 18.2 Å². The average molecular weight is 296 g/mol. The van der Waals surface area contributed by atoms with Gasteiger partial charge >= 0.3 is 5.97 Å². The molecule has 0 unspecified atom stereocenters. The van der Waals surface area contributed by atoms with Crippen LogP contribution >= 0.6 is 0 Å². The summed E-state index contributed by atoms with van der Waals surface area (Å²) in [7, 11) is 0. The van der Waals surface area contributed by atoms with Gasteiger partial charge in [-0.1, -0.05) is 0 Å². The van der Waals surface area contributed by atoms with Gasteiger partial charge in [0.2, 0.25) is 5.78 Å². The van der Waals surface area contributed by atoms with Crippen LogP contribution in [0.1, 0.15) is 19.4 Å². The fourth-order valence-electron chi connectivity index (χ4n) is 1.51. The van der Waals surface area contributed by atoms with Crippen LogP contribution in [0.2, 0.25) is 0 Å². The molecule has 0 aliphatic carbocycles. The van der Waals surface area contributed by atoms with E-state index in [1.807, 2.05) is 0 Å². The number of Topliss-reactive ketones (excluding diaryl/α,β-unsaturated/α-hetero) is 1. The third-order valence-electron chi connectivity index (χ3n) is 2.32. The lowest BCUT2D eigenvalue weighted by molar-refractivity contribution is -0.394. The summed E-state index contributed by atoms with van der Waals surface area (Å²) in [4.78, 5) is 42.7. The van der Waals surface area contributed by atoms with Gasteiger partial charge in [-0.2, -0.15) is 0 Å². The molecule has 0 aromatic heterocycles. The first kappa shape index (κ1) is 16.2. The van der Waals surface area contributed by atoms with Crippen LogP contribution in [0.4, 0.5) is 11.4 Å². The van der Waals surface area contributed by atoms with E-state index in [1.165, 1.54) is 0 Å². The molecule has 0 saturated carbocycles. The van der Waals surface area contributed by atoms with E-state index in [0.717, 1.165) is 18.2 Å². The molecule has 0 aliphatic heterocycles. The molecule has 1 rings (SSSR count). The molecule has 0 spiro atoms. The Kier molecular flexibility index (Phi) is 5.06. The zero-order chi connectivity index (χ0) is 16.2. The second-order valence-corrected chi connectivity index (χ2v) is 4.43. The van der Waals surface area contributed by atoms with Crippen LogP contribution in [-0.2, 0) is 20.7 Å². The predicted octanol–water partition coefficient (Wildman–Crippen LogP) is 1.57. The smallest absolute Gasteiger partial charge is 0.375 e. The van der Waals surface area contributed by atoms with Crippen molar-refractivity contribution in [2.45, 2.75) is 26.4 Å². The summed E-state index contributed by atoms with van der Waals surface area (Å²) < 4.78 is 4.68. The minimum Gasteiger partial charge on any atom is -0.457 e. The van der Waals surface area contributed by atoms with Gasteiger partial charge in [-0.05, 0) is 19.4 Å². The standard InChI is InChI=1S/C12H12N2O7/c1-7(2)21-12(16)11(15)5-8-3-9(13(17)18)6-10(4-8)14(19)20/h3-4,6-7H,5H2,1-2H3. The third-order valence-corrected chi connectivity index (χ3v) is 2.32. The fourth-order valence-corrected chi connectivity index (χ4v) is 1.51. The summed E-state index contributed by atoms with van der Waals surface area (Å²) >= 11 is 0. The molecular formula is C12H12N2O7. The second kappa shape index (κ2) is 6.55. The fraction of sp³-hybridized carbons (Fsp3) is 0.333. The maximum Gasteiger partial charge on any atom is 0.375 e. The Bertz CT molecular complexity index is 577. The lowest BCUT2D eigenvalue weighted by Crippen LogP contribution is -2.22. The van der Waals surface area contributed by atoms with E-state index in [-0.39, 0.29) is 5.56 Å². The number of nitro benzene ring substituents is 2. The van der Waals surface area contributed by atoms with Crippen molar-refractivity contribution in [2.24, 2.45) is 0 Å². The van der Waals surface area contributed by atoms with Crippen molar-refractivity contribution in [3.8, 4) is 0 Å². The molecule has 1 aromatic rings. The number of hydrogen-bond donors (Lipinski definition) is 0. The van der Waals surface area contributed by atoms with Crippen LogP contribution in [0.5, 0.6) is 0 Å². The molecule has 0 N–H and O–H groups in total. The average Bonchev–Trinajstić information content (AvgIpc) is 2.37. The first-order chi connectivity index (χ1) is 9.70. The minimum absolute atomic E-state index is 0.00149. The van der Waals surface area contributed by atoms with Crippen LogP contribution in [0, 0.1) is 20.2 Å². The number of nitro groups is 2. The normalized spacial score (nSPS) is 10.2. The van der Waals surface area contributed by atoms with Crippen LogP contribution in [0.25, 0.3) is 0 Å². The minimum atomic E-state index is -1.08. The van der Waals surface area contributed by atoms with Gasteiger partial charge in [0.05, 0.1) is 22.0 Å². The summed E-state index contributed by atoms with van der Waals surface area (Å²) in [5.41, 5.74) is -1.05. The number of carbonyl (C=O) groups excluding carboxylic acids is 2. The number of hydrogen-bond acceptors (Lipinski definition) is 7. The van der Waals surface area contributed by atoms with Crippen molar-refractivity contribution < 1.29 is 24.2 Å². The van der Waals surface area contributed by atoms with Crippen molar-refractivity contribution in [1.82, 2.24) is 0 Å². The van der Waals surface area contributed by atoms with E-state index in [0.29, 0.717) is 0 Å². The van der Waals surface area contributed by atoms with Gasteiger partial charge in [-0.25, -0.2) is 4.79 Å². The molecular weight excluding hydrogens is 284 g/mol. The first-order valence-corrected chi connectivity index (χ1v) is 5.87. The summed E-state index contributed by atoms with van der Waals surface area (Å²) in [6.45, 7) is 3.12. The molecule has 112 valence electrons. The molecule has 0 heterocycles. The Labute approximate surface area is 118 Å². The van der Waals surface area contributed by atoms with Crippen molar-refractivity contribution in [1.29, 1.82) is 0 Å². The molecule has 0 bridgehead atoms. The van der Waals surface area contributed by atoms with E-state index >= 15 is 0 Å². The Balaban J connectivity index is 3.02. The molecule has 0 aliphatic rings. The van der Waals surface area contributed by atoms with Gasteiger partial charge in [-0.3, -0.25) is 25.0 Å². The number of ether oxygens (including phenoxy) is 1. The Morgan fingerprint density at radius 3 is 1.95 bits per heavy atom. The van der Waals surface area contributed by atoms with E-state index in [1.54, 1.807) is 13.8 Å². The lowest BCUT2D eigenvalue weighted by atomic mass is 10.1. The van der Waals surface area contributed by atoms with Crippen LogP contribution in [0.3, 0.4) is 0 Å². The Hall–Kier alpha value is -2.84. The van der Waals surface area contributed by atoms with E-state index in [4.69, 9.17) is 0 Å². The van der Waals surface area contributed by atoms with Crippen molar-refractivity contribution in [2.75, 3.05) is 0 Å². The number of rotatable bonds is 6. The van der Waals surface area contributed by atoms with Crippen molar-refractivity contribution in [3.05, 3.63) is 44.0 Å². The zero-order valence-electron chi connectivity index (χ0n) is 11.3. The summed E-state index contributed by atoms with van der Waals surface area (Å²) in [5, 5.41) is 21.4. The molecule has 0 atom stereocenters. The first-order valence-electron chi connectivity index (χ1n) is 5.87. The van der Waals surface area contributed by atoms with Gasteiger partial charge in [-0.15, -0.1) is 0 Å². The van der Waals surface area contributed by atoms with Crippen LogP contribution in [-0.4, -0.2) is 27.7 Å². The second-order valence-electron chi connectivity index (χ2n) is 4.43.